The highest BCUT2D eigenvalue weighted by Crippen LogP contribution is 2.21. The van der Waals surface area contributed by atoms with Crippen LogP contribution in [0.5, 0.6) is 0 Å². The van der Waals surface area contributed by atoms with Crippen molar-refractivity contribution in [3.05, 3.63) is 33.8 Å². The Labute approximate surface area is 118 Å². The quantitative estimate of drug-likeness (QED) is 0.662. The minimum Gasteiger partial charge on any atom is -0.370 e. The lowest BCUT2D eigenvalue weighted by atomic mass is 10.1. The van der Waals surface area contributed by atoms with E-state index in [9.17, 15) is 0 Å². The fourth-order valence-electron chi connectivity index (χ4n) is 1.44. The normalized spacial score (nSPS) is 12.6. The van der Waals surface area contributed by atoms with Crippen molar-refractivity contribution in [3.63, 3.8) is 0 Å². The highest BCUT2D eigenvalue weighted by atomic mass is 35.5. The molecule has 0 atom stereocenters. The Bertz CT molecular complexity index is 436. The van der Waals surface area contributed by atoms with Crippen molar-refractivity contribution in [3.8, 4) is 0 Å². The fourth-order valence-corrected chi connectivity index (χ4v) is 1.95. The van der Waals surface area contributed by atoms with Gasteiger partial charge < -0.3 is 11.1 Å². The van der Waals surface area contributed by atoms with Gasteiger partial charge in [-0.05, 0) is 44.9 Å². The zero-order chi connectivity index (χ0) is 13.8. The average molecular weight is 288 g/mol. The Kier molecular flexibility index (Phi) is 5.29. The van der Waals surface area contributed by atoms with E-state index in [4.69, 9.17) is 28.9 Å². The predicted octanol–water partition coefficient (Wildman–Crippen LogP) is 3.24. The van der Waals surface area contributed by atoms with Crippen LogP contribution in [0.3, 0.4) is 0 Å². The Morgan fingerprint density at radius 3 is 2.56 bits per heavy atom. The molecule has 1 rings (SSSR count). The predicted molar refractivity (Wildman–Crippen MR) is 79.5 cm³/mol. The van der Waals surface area contributed by atoms with Crippen molar-refractivity contribution in [1.29, 1.82) is 0 Å². The van der Waals surface area contributed by atoms with E-state index in [1.165, 1.54) is 0 Å². The van der Waals surface area contributed by atoms with Crippen LogP contribution < -0.4 is 11.1 Å². The maximum absolute atomic E-state index is 6.07. The van der Waals surface area contributed by atoms with Gasteiger partial charge >= 0.3 is 0 Å². The summed E-state index contributed by atoms with van der Waals surface area (Å²) in [4.78, 5) is 4.26. The zero-order valence-electron chi connectivity index (χ0n) is 10.9. The molecule has 0 aliphatic rings. The molecule has 0 fully saturated rings. The van der Waals surface area contributed by atoms with E-state index in [0.29, 0.717) is 22.5 Å². The van der Waals surface area contributed by atoms with Crippen LogP contribution in [0.4, 0.5) is 0 Å². The van der Waals surface area contributed by atoms with Crippen molar-refractivity contribution in [2.45, 2.75) is 32.7 Å². The molecular formula is C13H19Cl2N3. The largest absolute Gasteiger partial charge is 0.370 e. The van der Waals surface area contributed by atoms with Crippen molar-refractivity contribution in [2.75, 3.05) is 6.54 Å². The molecule has 0 aromatic heterocycles. The highest BCUT2D eigenvalue weighted by molar-refractivity contribution is 6.35. The lowest BCUT2D eigenvalue weighted by Crippen LogP contribution is -2.45. The molecule has 0 radical (unpaired) electrons. The summed E-state index contributed by atoms with van der Waals surface area (Å²) < 4.78 is 0. The molecule has 1 aromatic carbocycles. The first-order chi connectivity index (χ1) is 8.28. The molecule has 5 heteroatoms. The Morgan fingerprint density at radius 1 is 1.33 bits per heavy atom. The summed E-state index contributed by atoms with van der Waals surface area (Å²) in [6.07, 6.45) is 0.739. The van der Waals surface area contributed by atoms with Crippen molar-refractivity contribution in [2.24, 2.45) is 10.7 Å². The number of nitrogens with two attached hydrogens (primary N) is 1. The monoisotopic (exact) mass is 287 g/mol. The van der Waals surface area contributed by atoms with Crippen molar-refractivity contribution in [1.82, 2.24) is 5.32 Å². The maximum atomic E-state index is 6.07. The lowest BCUT2D eigenvalue weighted by Gasteiger charge is -2.21. The van der Waals surface area contributed by atoms with Crippen LogP contribution in [-0.2, 0) is 6.42 Å². The molecule has 18 heavy (non-hydrogen) atoms. The van der Waals surface area contributed by atoms with Crippen LogP contribution in [-0.4, -0.2) is 18.0 Å². The van der Waals surface area contributed by atoms with Gasteiger partial charge in [0, 0.05) is 22.1 Å². The lowest BCUT2D eigenvalue weighted by molar-refractivity contribution is 0.508. The Balaban J connectivity index is 2.53. The van der Waals surface area contributed by atoms with Crippen LogP contribution in [0, 0.1) is 0 Å². The van der Waals surface area contributed by atoms with Gasteiger partial charge in [0.15, 0.2) is 5.96 Å². The third-order valence-electron chi connectivity index (χ3n) is 2.18. The molecule has 3 nitrogen and oxygen atoms in total. The summed E-state index contributed by atoms with van der Waals surface area (Å²) in [6, 6.07) is 5.47. The fraction of sp³-hybridized carbons (Fsp3) is 0.462. The summed E-state index contributed by atoms with van der Waals surface area (Å²) in [6.45, 7) is 6.69. The van der Waals surface area contributed by atoms with Gasteiger partial charge in [0.25, 0.3) is 0 Å². The molecule has 1 aromatic rings. The number of nitrogens with one attached hydrogen (secondary N) is 1. The summed E-state index contributed by atoms with van der Waals surface area (Å²) in [5, 5.41) is 4.41. The van der Waals surface area contributed by atoms with Gasteiger partial charge in [-0.15, -0.1) is 0 Å². The van der Waals surface area contributed by atoms with Crippen molar-refractivity contribution >= 4 is 29.2 Å². The summed E-state index contributed by atoms with van der Waals surface area (Å²) in [5.74, 6) is 0.451. The van der Waals surface area contributed by atoms with Crippen LogP contribution in [0.2, 0.25) is 10.0 Å². The number of hydrogen-bond donors (Lipinski definition) is 2. The summed E-state index contributed by atoms with van der Waals surface area (Å²) >= 11 is 11.9. The molecule has 0 saturated carbocycles. The van der Waals surface area contributed by atoms with Crippen LogP contribution in [0.25, 0.3) is 0 Å². The Hall–Kier alpha value is -0.930. The van der Waals surface area contributed by atoms with Crippen LogP contribution in [0.1, 0.15) is 26.3 Å². The second kappa shape index (κ2) is 6.30. The summed E-state index contributed by atoms with van der Waals surface area (Å²) in [5.41, 5.74) is 6.71. The Morgan fingerprint density at radius 2 is 2.00 bits per heavy atom. The molecule has 0 bridgehead atoms. The third-order valence-corrected chi connectivity index (χ3v) is 2.77. The van der Waals surface area contributed by atoms with E-state index in [2.05, 4.69) is 10.3 Å². The first-order valence-electron chi connectivity index (χ1n) is 5.80. The van der Waals surface area contributed by atoms with E-state index in [1.54, 1.807) is 6.07 Å². The minimum atomic E-state index is -0.0779. The van der Waals surface area contributed by atoms with Gasteiger partial charge in [-0.3, -0.25) is 4.99 Å². The van der Waals surface area contributed by atoms with E-state index < -0.39 is 0 Å². The minimum absolute atomic E-state index is 0.0779. The maximum Gasteiger partial charge on any atom is 0.188 e. The summed E-state index contributed by atoms with van der Waals surface area (Å²) in [7, 11) is 0. The molecule has 0 aliphatic carbocycles. The zero-order valence-corrected chi connectivity index (χ0v) is 12.4. The number of aliphatic imine (C=N–C) groups is 1. The number of hydrogen-bond acceptors (Lipinski definition) is 1. The van der Waals surface area contributed by atoms with Crippen molar-refractivity contribution < 1.29 is 0 Å². The van der Waals surface area contributed by atoms with E-state index in [0.717, 1.165) is 12.0 Å². The molecule has 100 valence electrons. The first-order valence-corrected chi connectivity index (χ1v) is 6.55. The topological polar surface area (TPSA) is 50.4 Å². The second-order valence-corrected chi connectivity index (χ2v) is 5.97. The van der Waals surface area contributed by atoms with Gasteiger partial charge in [0.2, 0.25) is 0 Å². The standard InChI is InChI=1S/C13H19Cl2N3/c1-13(2,3)18-12(16)17-7-6-9-4-5-10(14)8-11(9)15/h4-5,8H,6-7H2,1-3H3,(H3,16,17,18). The smallest absolute Gasteiger partial charge is 0.188 e. The van der Waals surface area contributed by atoms with Gasteiger partial charge in [-0.1, -0.05) is 29.3 Å². The van der Waals surface area contributed by atoms with E-state index in [-0.39, 0.29) is 5.54 Å². The van der Waals surface area contributed by atoms with E-state index >= 15 is 0 Å². The second-order valence-electron chi connectivity index (χ2n) is 5.13. The molecular weight excluding hydrogens is 269 g/mol. The van der Waals surface area contributed by atoms with Crippen LogP contribution >= 0.6 is 23.2 Å². The van der Waals surface area contributed by atoms with E-state index in [1.807, 2.05) is 32.9 Å². The molecule has 3 N–H and O–H groups in total. The number of benzene rings is 1. The molecule has 0 aliphatic heterocycles. The molecule has 0 unspecified atom stereocenters. The number of guanidine groups is 1. The SMILES string of the molecule is CC(C)(C)NC(N)=NCCc1ccc(Cl)cc1Cl. The van der Waals surface area contributed by atoms with Gasteiger partial charge in [0.1, 0.15) is 0 Å². The first kappa shape index (κ1) is 15.1. The molecule has 0 saturated heterocycles. The number of nitrogens with zero attached hydrogens (tertiary/aromatic N) is 1. The molecule has 0 spiro atoms. The number of halogens is 2. The van der Waals surface area contributed by atoms with Crippen LogP contribution in [0.15, 0.2) is 23.2 Å². The van der Waals surface area contributed by atoms with Gasteiger partial charge in [-0.2, -0.15) is 0 Å². The molecule has 0 amide bonds. The number of rotatable bonds is 3. The molecule has 0 heterocycles. The van der Waals surface area contributed by atoms with Gasteiger partial charge in [0.05, 0.1) is 0 Å². The average Bonchev–Trinajstić information content (AvgIpc) is 2.18. The third kappa shape index (κ3) is 5.61. The van der Waals surface area contributed by atoms with Gasteiger partial charge in [-0.25, -0.2) is 0 Å². The highest BCUT2D eigenvalue weighted by Gasteiger charge is 2.09.